The summed E-state index contributed by atoms with van der Waals surface area (Å²) >= 11 is 6.11. The van der Waals surface area contributed by atoms with Crippen LogP contribution in [0.25, 0.3) is 10.9 Å². The molecule has 5 N–H and O–H groups in total. The lowest BCUT2D eigenvalue weighted by molar-refractivity contribution is -0.121. The Labute approximate surface area is 226 Å². The van der Waals surface area contributed by atoms with E-state index in [4.69, 9.17) is 16.3 Å². The molecule has 3 atom stereocenters. The summed E-state index contributed by atoms with van der Waals surface area (Å²) in [6.07, 6.45) is 2.20. The molecule has 1 aromatic carbocycles. The molecule has 15 heteroatoms. The van der Waals surface area contributed by atoms with Gasteiger partial charge in [-0.1, -0.05) is 18.5 Å². The minimum Gasteiger partial charge on any atom is -0.449 e. The second kappa shape index (κ2) is 14.4. The van der Waals surface area contributed by atoms with Crippen molar-refractivity contribution < 1.29 is 38.1 Å². The zero-order valence-electron chi connectivity index (χ0n) is 21.5. The predicted molar refractivity (Wildman–Crippen MR) is 147 cm³/mol. The fourth-order valence-corrected chi connectivity index (χ4v) is 6.92. The Morgan fingerprint density at radius 2 is 1.89 bits per heavy atom. The first-order chi connectivity index (χ1) is 17.8. The molecule has 0 fully saturated rings. The van der Waals surface area contributed by atoms with E-state index >= 15 is 0 Å². The number of fused-ring (bicyclic) bond motifs is 1. The molecule has 3 unspecified atom stereocenters. The average molecular weight is 593 g/mol. The van der Waals surface area contributed by atoms with Crippen molar-refractivity contribution in [1.29, 1.82) is 0 Å². The van der Waals surface area contributed by atoms with Gasteiger partial charge in [0.2, 0.25) is 18.8 Å². The van der Waals surface area contributed by atoms with Gasteiger partial charge in [-0.15, -0.1) is 0 Å². The van der Waals surface area contributed by atoms with E-state index in [2.05, 4.69) is 10.3 Å². The summed E-state index contributed by atoms with van der Waals surface area (Å²) in [6, 6.07) is 6.66. The van der Waals surface area contributed by atoms with E-state index < -0.39 is 32.5 Å². The van der Waals surface area contributed by atoms with Crippen LogP contribution in [0.5, 0.6) is 0 Å². The van der Waals surface area contributed by atoms with Gasteiger partial charge in [-0.3, -0.25) is 23.8 Å². The van der Waals surface area contributed by atoms with Crippen molar-refractivity contribution in [3.63, 3.8) is 0 Å². The molecule has 212 valence electrons. The molecule has 0 aliphatic carbocycles. The minimum absolute atomic E-state index is 0.0280. The third kappa shape index (κ3) is 9.61. The highest BCUT2D eigenvalue weighted by Crippen LogP contribution is 2.58. The Hall–Kier alpha value is -2.04. The molecule has 0 aliphatic heterocycles. The number of hydrogen-bond acceptors (Lipinski definition) is 7. The maximum absolute atomic E-state index is 13.2. The van der Waals surface area contributed by atoms with Gasteiger partial charge in [-0.05, 0) is 63.5 Å². The maximum Gasteiger partial charge on any atom is 0.414 e. The molecule has 2 amide bonds. The lowest BCUT2D eigenvalue weighted by Gasteiger charge is -2.29. The lowest BCUT2D eigenvalue weighted by atomic mass is 10.1. The number of pyridine rings is 1. The Kier molecular flexibility index (Phi) is 12.2. The van der Waals surface area contributed by atoms with Crippen molar-refractivity contribution in [2.24, 2.45) is 0 Å². The van der Waals surface area contributed by atoms with E-state index in [9.17, 15) is 33.4 Å². The van der Waals surface area contributed by atoms with E-state index in [1.807, 2.05) is 19.2 Å². The van der Waals surface area contributed by atoms with Gasteiger partial charge in [0, 0.05) is 35.7 Å². The van der Waals surface area contributed by atoms with E-state index in [1.54, 1.807) is 30.5 Å². The number of anilines is 1. The van der Waals surface area contributed by atoms with E-state index in [1.165, 1.54) is 4.90 Å². The maximum atomic E-state index is 13.2. The Balaban J connectivity index is 2.10. The van der Waals surface area contributed by atoms with Crippen molar-refractivity contribution in [2.45, 2.75) is 51.1 Å². The third-order valence-corrected chi connectivity index (χ3v) is 9.87. The number of nitrogens with zero attached hydrogens (tertiary/aromatic N) is 2. The summed E-state index contributed by atoms with van der Waals surface area (Å²) in [4.78, 5) is 59.4. The number of rotatable bonds is 14. The third-order valence-electron chi connectivity index (χ3n) is 5.64. The van der Waals surface area contributed by atoms with Crippen molar-refractivity contribution in [1.82, 2.24) is 15.6 Å². The fourth-order valence-electron chi connectivity index (χ4n) is 3.82. The van der Waals surface area contributed by atoms with Crippen molar-refractivity contribution >= 4 is 55.2 Å². The van der Waals surface area contributed by atoms with E-state index in [-0.39, 0.29) is 25.5 Å². The van der Waals surface area contributed by atoms with E-state index in [0.29, 0.717) is 28.0 Å². The molecule has 1 heterocycles. The number of amides is 2. The first-order valence-corrected chi connectivity index (χ1v) is 16.3. The molecule has 2 rings (SSSR count). The predicted octanol–water partition coefficient (Wildman–Crippen LogP) is 3.87. The highest BCUT2D eigenvalue weighted by Gasteiger charge is 2.41. The molecular formula is C23H35ClN4O8P2. The zero-order valence-corrected chi connectivity index (χ0v) is 24.1. The molecule has 0 radical (unpaired) electrons. The second-order valence-electron chi connectivity index (χ2n) is 8.90. The Morgan fingerprint density at radius 3 is 2.53 bits per heavy atom. The number of nitrogens with one attached hydrogen (secondary N) is 2. The van der Waals surface area contributed by atoms with Crippen LogP contribution in [-0.2, 0) is 18.7 Å². The van der Waals surface area contributed by atoms with E-state index in [0.717, 1.165) is 26.2 Å². The monoisotopic (exact) mass is 592 g/mol. The second-order valence-corrected chi connectivity index (χ2v) is 13.8. The number of carbonyl (C=O) groups is 2. The van der Waals surface area contributed by atoms with Crippen LogP contribution < -0.4 is 15.5 Å². The van der Waals surface area contributed by atoms with Gasteiger partial charge < -0.3 is 30.1 Å². The summed E-state index contributed by atoms with van der Waals surface area (Å²) in [5.74, 6) is -0.851. The number of ether oxygens (including phenoxy) is 1. The molecule has 0 saturated carbocycles. The molecule has 0 bridgehead atoms. The fraction of sp³-hybridized carbons (Fsp3) is 0.522. The minimum atomic E-state index is -5.06. The van der Waals surface area contributed by atoms with Crippen molar-refractivity contribution in [3.8, 4) is 0 Å². The quantitative estimate of drug-likeness (QED) is 0.160. The molecule has 0 spiro atoms. The standard InChI is InChI=1S/C23H35ClN4O8P2/c1-4-25-12-5-7-16(2)28(20-11-13-26-19-15-17(24)9-10-18(19)20)23(30)36-14-6-8-21(29)27-22(37(3,31)32)38(33,34)35/h9-11,13,15-16,22,25H,4-8,12,14H2,1-3H3,(H,27,29)(H,31,32)(H2,33,34,35). The average Bonchev–Trinajstić information content (AvgIpc) is 2.81. The summed E-state index contributed by atoms with van der Waals surface area (Å²) in [5.41, 5.74) is -0.991. The van der Waals surface area contributed by atoms with Gasteiger partial charge in [0.15, 0.2) is 0 Å². The normalized spacial score (nSPS) is 14.9. The lowest BCUT2D eigenvalue weighted by Crippen LogP contribution is -2.40. The summed E-state index contributed by atoms with van der Waals surface area (Å²) in [7, 11) is -9.36. The van der Waals surface area contributed by atoms with Crippen LogP contribution >= 0.6 is 26.6 Å². The molecular weight excluding hydrogens is 558 g/mol. The molecule has 1 aromatic heterocycles. The molecule has 0 saturated heterocycles. The number of hydrogen-bond donors (Lipinski definition) is 5. The highest BCUT2D eigenvalue weighted by atomic mass is 35.5. The van der Waals surface area contributed by atoms with Gasteiger partial charge in [0.1, 0.15) is 0 Å². The van der Waals surface area contributed by atoms with Gasteiger partial charge in [0.05, 0.1) is 17.8 Å². The van der Waals surface area contributed by atoms with Crippen molar-refractivity contribution in [2.75, 3.05) is 31.3 Å². The first kappa shape index (κ1) is 32.2. The van der Waals surface area contributed by atoms with Gasteiger partial charge in [-0.25, -0.2) is 4.79 Å². The highest BCUT2D eigenvalue weighted by molar-refractivity contribution is 7.73. The molecule has 12 nitrogen and oxygen atoms in total. The summed E-state index contributed by atoms with van der Waals surface area (Å²) in [6.45, 7) is 6.14. The van der Waals surface area contributed by atoms with Crippen molar-refractivity contribution in [3.05, 3.63) is 35.5 Å². The number of benzene rings is 1. The zero-order chi connectivity index (χ0) is 28.5. The topological polar surface area (TPSA) is 178 Å². The summed E-state index contributed by atoms with van der Waals surface area (Å²) < 4.78 is 28.7. The van der Waals surface area contributed by atoms with Gasteiger partial charge in [-0.2, -0.15) is 0 Å². The van der Waals surface area contributed by atoms with Gasteiger partial charge in [0.25, 0.3) is 0 Å². The Bertz CT molecular complexity index is 1180. The van der Waals surface area contributed by atoms with Crippen LogP contribution in [0.2, 0.25) is 5.02 Å². The molecule has 2 aromatic rings. The number of halogens is 1. The van der Waals surface area contributed by atoms with Crippen LogP contribution in [0.4, 0.5) is 10.5 Å². The number of aromatic nitrogens is 1. The molecule has 0 aliphatic rings. The van der Waals surface area contributed by atoms with Crippen LogP contribution in [0, 0.1) is 0 Å². The smallest absolute Gasteiger partial charge is 0.414 e. The van der Waals surface area contributed by atoms with Crippen LogP contribution in [0.3, 0.4) is 0 Å². The molecule has 38 heavy (non-hydrogen) atoms. The van der Waals surface area contributed by atoms with Crippen LogP contribution in [0.1, 0.15) is 39.5 Å². The SMILES string of the molecule is CCNCCCC(C)N(C(=O)OCCCC(=O)NC(P(C)(=O)O)P(=O)(O)O)c1ccnc2cc(Cl)ccc12. The Morgan fingerprint density at radius 1 is 1.18 bits per heavy atom. The van der Waals surface area contributed by atoms with Crippen LogP contribution in [-0.4, -0.2) is 69.6 Å². The van der Waals surface area contributed by atoms with Crippen LogP contribution in [0.15, 0.2) is 30.5 Å². The largest absolute Gasteiger partial charge is 0.449 e. The number of carbonyl (C=O) groups excluding carboxylic acids is 2. The first-order valence-electron chi connectivity index (χ1n) is 12.1. The summed E-state index contributed by atoms with van der Waals surface area (Å²) in [5, 5.41) is 6.39. The van der Waals surface area contributed by atoms with Gasteiger partial charge >= 0.3 is 13.7 Å².